The molecule has 0 unspecified atom stereocenters. The van der Waals surface area contributed by atoms with E-state index in [2.05, 4.69) is 35.0 Å². The fraction of sp³-hybridized carbons (Fsp3) is 0.750. The highest BCUT2D eigenvalue weighted by atomic mass is 35.5. The van der Waals surface area contributed by atoms with E-state index in [0.29, 0.717) is 18.5 Å². The molecule has 0 atom stereocenters. The number of nitrogens with zero attached hydrogens (tertiary/aromatic N) is 2. The SMILES string of the molecule is CC(C)n1nc(C2CC2)cc1CNCCO.Cl. The zero-order valence-corrected chi connectivity index (χ0v) is 11.3. The second kappa shape index (κ2) is 6.38. The van der Waals surface area contributed by atoms with Crippen molar-refractivity contribution in [3.8, 4) is 0 Å². The van der Waals surface area contributed by atoms with Gasteiger partial charge in [0.05, 0.1) is 18.0 Å². The molecule has 0 radical (unpaired) electrons. The van der Waals surface area contributed by atoms with E-state index in [0.717, 1.165) is 6.54 Å². The van der Waals surface area contributed by atoms with Gasteiger partial charge in [0.1, 0.15) is 0 Å². The Labute approximate surface area is 109 Å². The number of hydrogen-bond acceptors (Lipinski definition) is 3. The van der Waals surface area contributed by atoms with Gasteiger partial charge in [-0.25, -0.2) is 0 Å². The van der Waals surface area contributed by atoms with Crippen LogP contribution in [-0.2, 0) is 6.54 Å². The van der Waals surface area contributed by atoms with Crippen LogP contribution in [0, 0.1) is 0 Å². The normalized spacial score (nSPS) is 15.1. The maximum absolute atomic E-state index is 8.74. The molecule has 1 aromatic heterocycles. The number of nitrogens with one attached hydrogen (secondary N) is 1. The van der Waals surface area contributed by atoms with E-state index < -0.39 is 0 Å². The molecule has 0 aliphatic heterocycles. The lowest BCUT2D eigenvalue weighted by molar-refractivity contribution is 0.291. The lowest BCUT2D eigenvalue weighted by Crippen LogP contribution is -2.20. The van der Waals surface area contributed by atoms with Crippen molar-refractivity contribution in [1.29, 1.82) is 0 Å². The predicted molar refractivity (Wildman–Crippen MR) is 70.6 cm³/mol. The molecular weight excluding hydrogens is 238 g/mol. The van der Waals surface area contributed by atoms with Gasteiger partial charge in [-0.05, 0) is 32.8 Å². The molecule has 2 N–H and O–H groups in total. The van der Waals surface area contributed by atoms with Crippen LogP contribution in [0.1, 0.15) is 50.0 Å². The van der Waals surface area contributed by atoms with Gasteiger partial charge in [-0.3, -0.25) is 4.68 Å². The maximum atomic E-state index is 8.74. The van der Waals surface area contributed by atoms with Crippen LogP contribution in [0.15, 0.2) is 6.07 Å². The molecule has 5 heteroatoms. The third-order valence-electron chi connectivity index (χ3n) is 2.91. The molecule has 0 amide bonds. The molecule has 0 bridgehead atoms. The molecule has 1 fully saturated rings. The molecule has 1 aliphatic carbocycles. The van der Waals surface area contributed by atoms with Gasteiger partial charge in [-0.2, -0.15) is 5.10 Å². The molecule has 0 saturated heterocycles. The topological polar surface area (TPSA) is 50.1 Å². The van der Waals surface area contributed by atoms with E-state index in [4.69, 9.17) is 5.11 Å². The van der Waals surface area contributed by atoms with Crippen molar-refractivity contribution in [3.63, 3.8) is 0 Å². The number of aliphatic hydroxyl groups excluding tert-OH is 1. The van der Waals surface area contributed by atoms with E-state index in [1.807, 2.05) is 0 Å². The summed E-state index contributed by atoms with van der Waals surface area (Å²) in [7, 11) is 0. The Hall–Kier alpha value is -0.580. The second-order valence-electron chi connectivity index (χ2n) is 4.77. The summed E-state index contributed by atoms with van der Waals surface area (Å²) in [5.41, 5.74) is 2.47. The largest absolute Gasteiger partial charge is 0.395 e. The van der Waals surface area contributed by atoms with Crippen molar-refractivity contribution < 1.29 is 5.11 Å². The van der Waals surface area contributed by atoms with Crippen molar-refractivity contribution in [2.45, 2.75) is 45.2 Å². The standard InChI is InChI=1S/C12H21N3O.ClH/c1-9(2)15-11(8-13-5-6-16)7-12(14-15)10-3-4-10;/h7,9-10,13,16H,3-6,8H2,1-2H3;1H. The third kappa shape index (κ3) is 3.69. The average Bonchev–Trinajstić information content (AvgIpc) is 3.00. The monoisotopic (exact) mass is 259 g/mol. The lowest BCUT2D eigenvalue weighted by Gasteiger charge is -2.11. The number of aromatic nitrogens is 2. The van der Waals surface area contributed by atoms with Gasteiger partial charge in [0.25, 0.3) is 0 Å². The second-order valence-corrected chi connectivity index (χ2v) is 4.77. The Bertz CT molecular complexity index is 348. The van der Waals surface area contributed by atoms with Gasteiger partial charge in [-0.1, -0.05) is 0 Å². The minimum atomic E-state index is 0. The number of halogens is 1. The summed E-state index contributed by atoms with van der Waals surface area (Å²) in [6.07, 6.45) is 2.58. The summed E-state index contributed by atoms with van der Waals surface area (Å²) in [6, 6.07) is 2.61. The quantitative estimate of drug-likeness (QED) is 0.767. The summed E-state index contributed by atoms with van der Waals surface area (Å²) in [5.74, 6) is 0.705. The van der Waals surface area contributed by atoms with E-state index in [-0.39, 0.29) is 19.0 Å². The number of hydrogen-bond donors (Lipinski definition) is 2. The van der Waals surface area contributed by atoms with E-state index >= 15 is 0 Å². The Morgan fingerprint density at radius 1 is 1.53 bits per heavy atom. The summed E-state index contributed by atoms with van der Waals surface area (Å²) in [6.45, 7) is 5.92. The Kier molecular flexibility index (Phi) is 5.43. The van der Waals surface area contributed by atoms with E-state index in [9.17, 15) is 0 Å². The fourth-order valence-corrected chi connectivity index (χ4v) is 1.91. The van der Waals surface area contributed by atoms with Crippen LogP contribution in [0.2, 0.25) is 0 Å². The summed E-state index contributed by atoms with van der Waals surface area (Å²) in [4.78, 5) is 0. The van der Waals surface area contributed by atoms with Crippen LogP contribution in [0.5, 0.6) is 0 Å². The van der Waals surface area contributed by atoms with Crippen LogP contribution < -0.4 is 5.32 Å². The van der Waals surface area contributed by atoms with Crippen LogP contribution in [0.4, 0.5) is 0 Å². The Morgan fingerprint density at radius 3 is 2.76 bits per heavy atom. The molecular formula is C12H22ClN3O. The van der Waals surface area contributed by atoms with Gasteiger partial charge in [0.2, 0.25) is 0 Å². The highest BCUT2D eigenvalue weighted by molar-refractivity contribution is 5.85. The van der Waals surface area contributed by atoms with Gasteiger partial charge < -0.3 is 10.4 Å². The Balaban J connectivity index is 0.00000144. The molecule has 1 heterocycles. The van der Waals surface area contributed by atoms with Gasteiger partial charge >= 0.3 is 0 Å². The average molecular weight is 260 g/mol. The summed E-state index contributed by atoms with van der Waals surface area (Å²) >= 11 is 0. The van der Waals surface area contributed by atoms with Gasteiger partial charge in [0, 0.05) is 25.0 Å². The van der Waals surface area contributed by atoms with Crippen LogP contribution >= 0.6 is 12.4 Å². The predicted octanol–water partition coefficient (Wildman–Crippen LogP) is 1.85. The van der Waals surface area contributed by atoms with Crippen LogP contribution in [0.25, 0.3) is 0 Å². The molecule has 1 aliphatic rings. The zero-order chi connectivity index (χ0) is 11.5. The van der Waals surface area contributed by atoms with Crippen molar-refractivity contribution in [2.24, 2.45) is 0 Å². The number of rotatable bonds is 6. The van der Waals surface area contributed by atoms with Crippen LogP contribution in [0.3, 0.4) is 0 Å². The minimum Gasteiger partial charge on any atom is -0.395 e. The summed E-state index contributed by atoms with van der Waals surface area (Å²) in [5, 5.41) is 16.6. The molecule has 0 spiro atoms. The number of aliphatic hydroxyl groups is 1. The summed E-state index contributed by atoms with van der Waals surface area (Å²) < 4.78 is 2.10. The molecule has 98 valence electrons. The van der Waals surface area contributed by atoms with E-state index in [1.54, 1.807) is 0 Å². The highest BCUT2D eigenvalue weighted by Crippen LogP contribution is 2.39. The Morgan fingerprint density at radius 2 is 2.24 bits per heavy atom. The smallest absolute Gasteiger partial charge is 0.0659 e. The van der Waals surface area contributed by atoms with Crippen molar-refractivity contribution in [3.05, 3.63) is 17.5 Å². The first-order chi connectivity index (χ1) is 7.72. The molecule has 0 aromatic carbocycles. The minimum absolute atomic E-state index is 0. The maximum Gasteiger partial charge on any atom is 0.0659 e. The molecule has 17 heavy (non-hydrogen) atoms. The first-order valence-corrected chi connectivity index (χ1v) is 6.12. The van der Waals surface area contributed by atoms with Gasteiger partial charge in [0.15, 0.2) is 0 Å². The van der Waals surface area contributed by atoms with E-state index in [1.165, 1.54) is 24.2 Å². The first kappa shape index (κ1) is 14.5. The molecule has 1 aromatic rings. The van der Waals surface area contributed by atoms with Crippen molar-refractivity contribution >= 4 is 12.4 Å². The zero-order valence-electron chi connectivity index (χ0n) is 10.5. The fourth-order valence-electron chi connectivity index (χ4n) is 1.91. The van der Waals surface area contributed by atoms with Crippen molar-refractivity contribution in [1.82, 2.24) is 15.1 Å². The first-order valence-electron chi connectivity index (χ1n) is 6.12. The van der Waals surface area contributed by atoms with Crippen LogP contribution in [-0.4, -0.2) is 28.0 Å². The third-order valence-corrected chi connectivity index (χ3v) is 2.91. The molecule has 2 rings (SSSR count). The van der Waals surface area contributed by atoms with Crippen molar-refractivity contribution in [2.75, 3.05) is 13.2 Å². The molecule has 1 saturated carbocycles. The van der Waals surface area contributed by atoms with Gasteiger partial charge in [-0.15, -0.1) is 12.4 Å². The lowest BCUT2D eigenvalue weighted by atomic mass is 10.2. The molecule has 4 nitrogen and oxygen atoms in total. The highest BCUT2D eigenvalue weighted by Gasteiger charge is 2.27.